The summed E-state index contributed by atoms with van der Waals surface area (Å²) in [6.45, 7) is 15.6. The van der Waals surface area contributed by atoms with Gasteiger partial charge in [0.1, 0.15) is 0 Å². The first kappa shape index (κ1) is 14.3. The van der Waals surface area contributed by atoms with Crippen LogP contribution in [0.25, 0.3) is 0 Å². The molecule has 0 N–H and O–H groups in total. The minimum Gasteiger partial charge on any atom is -0.309 e. The van der Waals surface area contributed by atoms with Crippen molar-refractivity contribution < 1.29 is 0 Å². The first-order valence-corrected chi connectivity index (χ1v) is 7.41. The van der Waals surface area contributed by atoms with E-state index in [0.717, 1.165) is 12.1 Å². The van der Waals surface area contributed by atoms with Gasteiger partial charge in [0.15, 0.2) is 0 Å². The van der Waals surface area contributed by atoms with E-state index in [0.29, 0.717) is 16.4 Å². The van der Waals surface area contributed by atoms with E-state index in [1.807, 2.05) is 0 Å². The lowest BCUT2D eigenvalue weighted by Gasteiger charge is -2.45. The van der Waals surface area contributed by atoms with Crippen LogP contribution >= 0.6 is 0 Å². The molecule has 1 unspecified atom stereocenters. The topological polar surface area (TPSA) is 6.48 Å². The summed E-state index contributed by atoms with van der Waals surface area (Å²) in [5.41, 5.74) is 1.28. The molecule has 0 amide bonds. The lowest BCUT2D eigenvalue weighted by atomic mass is 9.80. The molecule has 0 aromatic carbocycles. The molecule has 3 atom stereocenters. The molecule has 0 spiro atoms. The second kappa shape index (κ2) is 3.96. The van der Waals surface area contributed by atoms with Gasteiger partial charge < -0.3 is 4.90 Å². The monoisotopic (exact) mass is 252 g/mol. The van der Waals surface area contributed by atoms with E-state index in [1.165, 1.54) is 19.4 Å². The van der Waals surface area contributed by atoms with E-state index >= 15 is 0 Å². The Kier molecular flexibility index (Phi) is 3.15. The van der Waals surface area contributed by atoms with E-state index < -0.39 is 0 Å². The van der Waals surface area contributed by atoms with E-state index in [-0.39, 0.29) is 0 Å². The summed E-state index contributed by atoms with van der Waals surface area (Å²) in [6.07, 6.45) is 2.80. The van der Waals surface area contributed by atoms with Crippen molar-refractivity contribution in [1.29, 1.82) is 0 Å². The molecule has 2 heteroatoms. The molecular formula is C16H32N2. The van der Waals surface area contributed by atoms with Gasteiger partial charge in [-0.15, -0.1) is 0 Å². The van der Waals surface area contributed by atoms with Gasteiger partial charge in [0.05, 0.1) is 0 Å². The van der Waals surface area contributed by atoms with Gasteiger partial charge in [-0.05, 0) is 53.1 Å². The van der Waals surface area contributed by atoms with Gasteiger partial charge in [0.2, 0.25) is 0 Å². The molecule has 2 nitrogen and oxygen atoms in total. The van der Waals surface area contributed by atoms with Crippen LogP contribution in [0.3, 0.4) is 0 Å². The molecule has 0 aromatic heterocycles. The third kappa shape index (κ3) is 2.34. The molecule has 1 aliphatic carbocycles. The van der Waals surface area contributed by atoms with Crippen molar-refractivity contribution in [3.63, 3.8) is 0 Å². The highest BCUT2D eigenvalue weighted by atomic mass is 15.3. The highest BCUT2D eigenvalue weighted by molar-refractivity contribution is 5.21. The van der Waals surface area contributed by atoms with Crippen molar-refractivity contribution >= 4 is 0 Å². The fourth-order valence-corrected chi connectivity index (χ4v) is 4.16. The smallest absolute Gasteiger partial charge is 0.0180 e. The summed E-state index contributed by atoms with van der Waals surface area (Å²) in [5, 5.41) is 0. The van der Waals surface area contributed by atoms with Gasteiger partial charge in [-0.25, -0.2) is 0 Å². The fourth-order valence-electron chi connectivity index (χ4n) is 4.16. The molecule has 0 aromatic rings. The third-order valence-electron chi connectivity index (χ3n) is 4.82. The average Bonchev–Trinajstić information content (AvgIpc) is 2.64. The standard InChI is InChI=1S/C16H32N2/c1-14(2,3)12-9-16(11-17(7)8)10-13(16)18(12)15(4,5)6/h12-13H,9-11H2,1-8H3/t12-,13?,16-/m0/s1. The molecule has 2 fully saturated rings. The zero-order chi connectivity index (χ0) is 13.9. The van der Waals surface area contributed by atoms with E-state index in [2.05, 4.69) is 65.4 Å². The van der Waals surface area contributed by atoms with Crippen LogP contribution in [0.4, 0.5) is 0 Å². The second-order valence-corrected chi connectivity index (χ2v) is 8.98. The van der Waals surface area contributed by atoms with Gasteiger partial charge in [-0.1, -0.05) is 20.8 Å². The molecule has 1 aliphatic heterocycles. The van der Waals surface area contributed by atoms with Gasteiger partial charge in [0, 0.05) is 29.6 Å². The predicted molar refractivity (Wildman–Crippen MR) is 78.8 cm³/mol. The first-order chi connectivity index (χ1) is 7.97. The Bertz CT molecular complexity index is 321. The fraction of sp³-hybridized carbons (Fsp3) is 1.00. The molecule has 2 rings (SSSR count). The Morgan fingerprint density at radius 3 is 1.94 bits per heavy atom. The number of fused-ring (bicyclic) bond motifs is 1. The molecule has 0 bridgehead atoms. The SMILES string of the molecule is CN(C)C[C@]12CC1N(C(C)(C)C)[C@H](C(C)(C)C)C2. The Balaban J connectivity index is 2.23. The molecule has 1 saturated heterocycles. The number of nitrogens with zero attached hydrogens (tertiary/aromatic N) is 2. The van der Waals surface area contributed by atoms with Crippen LogP contribution in [0.15, 0.2) is 0 Å². The molecule has 18 heavy (non-hydrogen) atoms. The number of piperidine rings is 1. The van der Waals surface area contributed by atoms with Crippen molar-refractivity contribution in [2.75, 3.05) is 20.6 Å². The van der Waals surface area contributed by atoms with Gasteiger partial charge in [-0.2, -0.15) is 0 Å². The van der Waals surface area contributed by atoms with Crippen LogP contribution in [-0.2, 0) is 0 Å². The molecule has 1 saturated carbocycles. The van der Waals surface area contributed by atoms with Crippen LogP contribution in [0.1, 0.15) is 54.4 Å². The van der Waals surface area contributed by atoms with Crippen molar-refractivity contribution in [3.05, 3.63) is 0 Å². The lowest BCUT2D eigenvalue weighted by Crippen LogP contribution is -2.51. The van der Waals surface area contributed by atoms with Crippen molar-refractivity contribution in [2.45, 2.75) is 72.0 Å². The number of likely N-dealkylation sites (tertiary alicyclic amines) is 1. The normalized spacial score (nSPS) is 37.2. The minimum atomic E-state index is 0.299. The average molecular weight is 252 g/mol. The maximum Gasteiger partial charge on any atom is 0.0180 e. The van der Waals surface area contributed by atoms with Crippen LogP contribution in [0.5, 0.6) is 0 Å². The summed E-state index contributed by atoms with van der Waals surface area (Å²) >= 11 is 0. The zero-order valence-corrected chi connectivity index (χ0v) is 13.7. The minimum absolute atomic E-state index is 0.299. The second-order valence-electron chi connectivity index (χ2n) is 8.98. The van der Waals surface area contributed by atoms with Crippen LogP contribution < -0.4 is 0 Å². The van der Waals surface area contributed by atoms with E-state index in [4.69, 9.17) is 0 Å². The Hall–Kier alpha value is -0.0800. The van der Waals surface area contributed by atoms with Crippen LogP contribution in [0, 0.1) is 10.8 Å². The Morgan fingerprint density at radius 2 is 1.61 bits per heavy atom. The van der Waals surface area contributed by atoms with Gasteiger partial charge in [0.25, 0.3) is 0 Å². The van der Waals surface area contributed by atoms with Gasteiger partial charge in [-0.3, -0.25) is 4.90 Å². The third-order valence-corrected chi connectivity index (χ3v) is 4.82. The maximum atomic E-state index is 2.83. The molecule has 0 radical (unpaired) electrons. The van der Waals surface area contributed by atoms with Crippen LogP contribution in [-0.4, -0.2) is 48.1 Å². The summed E-state index contributed by atoms with van der Waals surface area (Å²) in [7, 11) is 4.44. The molecular weight excluding hydrogens is 220 g/mol. The highest BCUT2D eigenvalue weighted by Crippen LogP contribution is 2.63. The quantitative estimate of drug-likeness (QED) is 0.744. The molecule has 2 aliphatic rings. The van der Waals surface area contributed by atoms with E-state index in [1.54, 1.807) is 0 Å². The Morgan fingerprint density at radius 1 is 1.06 bits per heavy atom. The number of hydrogen-bond acceptors (Lipinski definition) is 2. The summed E-state index contributed by atoms with van der Waals surface area (Å²) in [5.74, 6) is 0. The molecule has 1 heterocycles. The van der Waals surface area contributed by atoms with E-state index in [9.17, 15) is 0 Å². The number of hydrogen-bond donors (Lipinski definition) is 0. The van der Waals surface area contributed by atoms with Crippen molar-refractivity contribution in [2.24, 2.45) is 10.8 Å². The van der Waals surface area contributed by atoms with Crippen LogP contribution in [0.2, 0.25) is 0 Å². The Labute approximate surface area is 114 Å². The predicted octanol–water partition coefficient (Wildman–Crippen LogP) is 3.23. The largest absolute Gasteiger partial charge is 0.309 e. The van der Waals surface area contributed by atoms with Gasteiger partial charge >= 0.3 is 0 Å². The van der Waals surface area contributed by atoms with Crippen molar-refractivity contribution in [1.82, 2.24) is 9.80 Å². The summed E-state index contributed by atoms with van der Waals surface area (Å²) in [6, 6.07) is 1.56. The maximum absolute atomic E-state index is 2.83. The highest BCUT2D eigenvalue weighted by Gasteiger charge is 2.67. The zero-order valence-electron chi connectivity index (χ0n) is 13.7. The summed E-state index contributed by atoms with van der Waals surface area (Å²) in [4.78, 5) is 5.21. The molecule has 106 valence electrons. The van der Waals surface area contributed by atoms with Crippen molar-refractivity contribution in [3.8, 4) is 0 Å². The first-order valence-electron chi connectivity index (χ1n) is 7.41. The lowest BCUT2D eigenvalue weighted by molar-refractivity contribution is 0.0362. The summed E-state index contributed by atoms with van der Waals surface area (Å²) < 4.78 is 0. The number of rotatable bonds is 2.